The minimum absolute atomic E-state index is 0.102. The van der Waals surface area contributed by atoms with Gasteiger partial charge in [0.1, 0.15) is 5.75 Å². The van der Waals surface area contributed by atoms with Gasteiger partial charge in [0.15, 0.2) is 5.75 Å². The third-order valence-electron chi connectivity index (χ3n) is 1.85. The predicted molar refractivity (Wildman–Crippen MR) is 53.0 cm³/mol. The van der Waals surface area contributed by atoms with Crippen molar-refractivity contribution in [1.82, 2.24) is 4.98 Å². The minimum atomic E-state index is -4.40. The maximum Gasteiger partial charge on any atom is 0.407 e. The van der Waals surface area contributed by atoms with E-state index >= 15 is 0 Å². The van der Waals surface area contributed by atoms with E-state index in [9.17, 15) is 14.1 Å². The molecule has 0 aliphatic rings. The van der Waals surface area contributed by atoms with Gasteiger partial charge in [0.25, 0.3) is 0 Å². The highest BCUT2D eigenvalue weighted by molar-refractivity contribution is 7.53. The Kier molecular flexibility index (Phi) is 3.85. The zero-order chi connectivity index (χ0) is 12.3. The van der Waals surface area contributed by atoms with Gasteiger partial charge in [-0.2, -0.15) is 0 Å². The maximum absolute atomic E-state index is 12.1. The van der Waals surface area contributed by atoms with Crippen LogP contribution in [-0.2, 0) is 11.2 Å². The summed E-state index contributed by atoms with van der Waals surface area (Å²) in [4.78, 5) is 12.6. The number of hydrogen-bond acceptors (Lipinski definition) is 5. The molecule has 0 aromatic carbocycles. The van der Waals surface area contributed by atoms with Crippen LogP contribution >= 0.6 is 7.60 Å². The van der Waals surface area contributed by atoms with Gasteiger partial charge in [0.2, 0.25) is 6.42 Å². The Labute approximate surface area is 90.9 Å². The zero-order valence-electron chi connectivity index (χ0n) is 8.42. The topological polar surface area (TPSA) is 99.9 Å². The third-order valence-corrected chi connectivity index (χ3v) is 2.64. The van der Waals surface area contributed by atoms with Crippen molar-refractivity contribution in [2.75, 3.05) is 6.42 Å². The van der Waals surface area contributed by atoms with Gasteiger partial charge in [-0.3, -0.25) is 4.98 Å². The first-order valence-electron chi connectivity index (χ1n) is 4.27. The molecule has 1 unspecified atom stereocenters. The third kappa shape index (κ3) is 2.69. The van der Waals surface area contributed by atoms with Gasteiger partial charge in [0.05, 0.1) is 24.1 Å². The lowest BCUT2D eigenvalue weighted by Crippen LogP contribution is -2.00. The summed E-state index contributed by atoms with van der Waals surface area (Å²) in [7, 11) is -4.40. The van der Waals surface area contributed by atoms with Crippen LogP contribution in [0.1, 0.15) is 11.3 Å². The van der Waals surface area contributed by atoms with Crippen molar-refractivity contribution in [2.45, 2.75) is 13.5 Å². The summed E-state index contributed by atoms with van der Waals surface area (Å²) < 4.78 is 27.5. The Bertz CT molecular complexity index is 439. The number of hydrogen-bond donors (Lipinski definition) is 3. The number of aliphatic hydroxyl groups excluding tert-OH is 1. The van der Waals surface area contributed by atoms with Gasteiger partial charge >= 0.3 is 7.60 Å². The quantitative estimate of drug-likeness (QED) is 0.692. The molecule has 0 radical (unpaired) electrons. The van der Waals surface area contributed by atoms with Crippen LogP contribution in [0.2, 0.25) is 0 Å². The Morgan fingerprint density at radius 3 is 2.75 bits per heavy atom. The molecule has 1 aromatic rings. The van der Waals surface area contributed by atoms with Gasteiger partial charge in [-0.1, -0.05) is 0 Å². The van der Waals surface area contributed by atoms with Crippen molar-refractivity contribution >= 4 is 7.60 Å². The predicted octanol–water partition coefficient (Wildman–Crippen LogP) is 1.08. The summed E-state index contributed by atoms with van der Waals surface area (Å²) in [5, 5.41) is 18.4. The van der Waals surface area contributed by atoms with Crippen LogP contribution in [0.15, 0.2) is 6.20 Å². The Morgan fingerprint density at radius 2 is 2.25 bits per heavy atom. The molecule has 90 valence electrons. The Morgan fingerprint density at radius 1 is 1.62 bits per heavy atom. The molecule has 3 N–H and O–H groups in total. The molecular weight excluding hydrogens is 240 g/mol. The van der Waals surface area contributed by atoms with Crippen molar-refractivity contribution in [2.24, 2.45) is 0 Å². The fourth-order valence-corrected chi connectivity index (χ4v) is 1.55. The second kappa shape index (κ2) is 4.78. The standard InChI is InChI=1S/C8H11FNO5P/c1-5-8(12)6(3-11)7(2-10-5)15-16(13,14)4-9/h2,11-12H,3-4H2,1H3,(H,13,14). The molecule has 0 fully saturated rings. The van der Waals surface area contributed by atoms with Gasteiger partial charge in [-0.25, -0.2) is 8.96 Å². The molecule has 1 atom stereocenters. The van der Waals surface area contributed by atoms with E-state index in [1.807, 2.05) is 0 Å². The lowest BCUT2D eigenvalue weighted by molar-refractivity contribution is 0.268. The monoisotopic (exact) mass is 251 g/mol. The molecule has 0 spiro atoms. The summed E-state index contributed by atoms with van der Waals surface area (Å²) in [5.74, 6) is -0.659. The lowest BCUT2D eigenvalue weighted by Gasteiger charge is -2.14. The number of aliphatic hydroxyl groups is 1. The summed E-state index contributed by atoms with van der Waals surface area (Å²) in [6, 6.07) is 0. The van der Waals surface area contributed by atoms with E-state index in [0.29, 0.717) is 0 Å². The second-order valence-corrected chi connectivity index (χ2v) is 4.74. The number of rotatable bonds is 4. The van der Waals surface area contributed by atoms with E-state index in [1.54, 1.807) is 0 Å². The summed E-state index contributed by atoms with van der Waals surface area (Å²) in [5.41, 5.74) is 0.125. The van der Waals surface area contributed by atoms with Crippen LogP contribution in [0.5, 0.6) is 11.5 Å². The van der Waals surface area contributed by atoms with E-state index in [2.05, 4.69) is 9.51 Å². The van der Waals surface area contributed by atoms with Gasteiger partial charge in [0, 0.05) is 0 Å². The van der Waals surface area contributed by atoms with Gasteiger partial charge < -0.3 is 19.6 Å². The van der Waals surface area contributed by atoms with Crippen molar-refractivity contribution < 1.29 is 28.6 Å². The van der Waals surface area contributed by atoms with Crippen molar-refractivity contribution in [3.05, 3.63) is 17.5 Å². The molecule has 8 heteroatoms. The van der Waals surface area contributed by atoms with Crippen LogP contribution in [0.3, 0.4) is 0 Å². The molecule has 0 saturated heterocycles. The zero-order valence-corrected chi connectivity index (χ0v) is 9.32. The summed E-state index contributed by atoms with van der Waals surface area (Å²) in [6.45, 7) is 0.864. The number of nitrogens with zero attached hydrogens (tertiary/aromatic N) is 1. The van der Waals surface area contributed by atoms with Crippen LogP contribution in [0.4, 0.5) is 4.39 Å². The highest BCUT2D eigenvalue weighted by Gasteiger charge is 2.24. The van der Waals surface area contributed by atoms with E-state index in [4.69, 9.17) is 10.00 Å². The average Bonchev–Trinajstić information content (AvgIpc) is 2.24. The molecular formula is C8H11FNO5P. The number of aromatic hydroxyl groups is 1. The Balaban J connectivity index is 3.15. The molecule has 0 aliphatic carbocycles. The number of halogens is 1. The van der Waals surface area contributed by atoms with Gasteiger partial charge in [-0.05, 0) is 6.92 Å². The lowest BCUT2D eigenvalue weighted by atomic mass is 10.2. The molecule has 0 bridgehead atoms. The van der Waals surface area contributed by atoms with Crippen LogP contribution in [-0.4, -0.2) is 26.5 Å². The summed E-state index contributed by atoms with van der Waals surface area (Å²) >= 11 is 0. The molecule has 16 heavy (non-hydrogen) atoms. The van der Waals surface area contributed by atoms with E-state index in [1.165, 1.54) is 6.92 Å². The fourth-order valence-electron chi connectivity index (χ4n) is 1.04. The Hall–Kier alpha value is -1.17. The fraction of sp³-hybridized carbons (Fsp3) is 0.375. The largest absolute Gasteiger partial charge is 0.506 e. The first-order valence-corrected chi connectivity index (χ1v) is 6.03. The molecule has 1 aromatic heterocycles. The first kappa shape index (κ1) is 12.9. The highest BCUT2D eigenvalue weighted by Crippen LogP contribution is 2.45. The molecule has 6 nitrogen and oxygen atoms in total. The van der Waals surface area contributed by atoms with Crippen LogP contribution in [0.25, 0.3) is 0 Å². The van der Waals surface area contributed by atoms with Crippen LogP contribution < -0.4 is 4.52 Å². The molecule has 0 amide bonds. The van der Waals surface area contributed by atoms with E-state index in [-0.39, 0.29) is 22.8 Å². The maximum atomic E-state index is 12.1. The number of aryl methyl sites for hydroxylation is 1. The van der Waals surface area contributed by atoms with Crippen molar-refractivity contribution in [3.63, 3.8) is 0 Å². The highest BCUT2D eigenvalue weighted by atomic mass is 31.2. The molecule has 1 heterocycles. The van der Waals surface area contributed by atoms with Crippen molar-refractivity contribution in [1.29, 1.82) is 0 Å². The smallest absolute Gasteiger partial charge is 0.407 e. The van der Waals surface area contributed by atoms with E-state index in [0.717, 1.165) is 6.20 Å². The minimum Gasteiger partial charge on any atom is -0.506 e. The normalized spacial score (nSPS) is 14.5. The number of pyridine rings is 1. The van der Waals surface area contributed by atoms with Crippen LogP contribution in [0, 0.1) is 6.92 Å². The van der Waals surface area contributed by atoms with Crippen molar-refractivity contribution in [3.8, 4) is 11.5 Å². The molecule has 0 aliphatic heterocycles. The molecule has 0 saturated carbocycles. The molecule has 1 rings (SSSR count). The van der Waals surface area contributed by atoms with Gasteiger partial charge in [-0.15, -0.1) is 0 Å². The summed E-state index contributed by atoms with van der Waals surface area (Å²) in [6.07, 6.45) is -0.522. The number of aromatic nitrogens is 1. The average molecular weight is 251 g/mol. The number of alkyl halides is 1. The first-order chi connectivity index (χ1) is 7.41. The van der Waals surface area contributed by atoms with E-state index < -0.39 is 20.6 Å². The second-order valence-electron chi connectivity index (χ2n) is 3.04. The SMILES string of the molecule is Cc1ncc(OP(=O)(O)CF)c(CO)c1O.